The van der Waals surface area contributed by atoms with E-state index in [9.17, 15) is 13.2 Å². The fourth-order valence-corrected chi connectivity index (χ4v) is 3.46. The molecule has 0 aliphatic carbocycles. The van der Waals surface area contributed by atoms with Gasteiger partial charge in [-0.05, 0) is 38.5 Å². The number of benzene rings is 1. The summed E-state index contributed by atoms with van der Waals surface area (Å²) in [5.41, 5.74) is 1.28. The molecule has 0 atom stereocenters. The Balaban J connectivity index is 2.15. The highest BCUT2D eigenvalue weighted by Crippen LogP contribution is 2.39. The summed E-state index contributed by atoms with van der Waals surface area (Å²) in [6.45, 7) is 6.22. The zero-order valence-electron chi connectivity index (χ0n) is 13.7. The fraction of sp³-hybridized carbons (Fsp3) is 0.438. The SMILES string of the molecule is Cc1c(C2(C)OCCO2)nn(-c2c(Cl)cc(C(F)(F)F)cc2Cl)c1C. The average molecular weight is 395 g/mol. The Morgan fingerprint density at radius 1 is 1.12 bits per heavy atom. The first-order valence-electron chi connectivity index (χ1n) is 7.46. The highest BCUT2D eigenvalue weighted by molar-refractivity contribution is 6.37. The predicted octanol–water partition coefficient (Wildman–Crippen LogP) is 5.03. The van der Waals surface area contributed by atoms with Gasteiger partial charge in [-0.3, -0.25) is 0 Å². The number of nitrogens with zero attached hydrogens (tertiary/aromatic N) is 2. The van der Waals surface area contributed by atoms with Crippen molar-refractivity contribution in [3.8, 4) is 5.69 Å². The Bertz CT molecular complexity index is 805. The van der Waals surface area contributed by atoms with E-state index in [1.54, 1.807) is 13.8 Å². The molecule has 4 nitrogen and oxygen atoms in total. The van der Waals surface area contributed by atoms with E-state index in [0.717, 1.165) is 17.7 Å². The number of rotatable bonds is 2. The molecule has 0 saturated carbocycles. The molecule has 0 N–H and O–H groups in total. The predicted molar refractivity (Wildman–Crippen MR) is 87.3 cm³/mol. The van der Waals surface area contributed by atoms with Gasteiger partial charge in [-0.2, -0.15) is 18.3 Å². The van der Waals surface area contributed by atoms with Crippen LogP contribution in [0.3, 0.4) is 0 Å². The second-order valence-corrected chi connectivity index (χ2v) is 6.71. The molecular formula is C16H15Cl2F3N2O2. The lowest BCUT2D eigenvalue weighted by molar-refractivity contribution is -0.153. The van der Waals surface area contributed by atoms with E-state index >= 15 is 0 Å². The lowest BCUT2D eigenvalue weighted by atomic mass is 10.1. The topological polar surface area (TPSA) is 36.3 Å². The Kier molecular flexibility index (Phi) is 4.56. The summed E-state index contributed by atoms with van der Waals surface area (Å²) in [5.74, 6) is -1.01. The summed E-state index contributed by atoms with van der Waals surface area (Å²) in [6, 6.07) is 1.67. The molecule has 25 heavy (non-hydrogen) atoms. The maximum atomic E-state index is 12.9. The third kappa shape index (κ3) is 3.14. The number of alkyl halides is 3. The maximum absolute atomic E-state index is 12.9. The summed E-state index contributed by atoms with van der Waals surface area (Å²) in [4.78, 5) is 0. The zero-order chi connectivity index (χ0) is 18.6. The van der Waals surface area contributed by atoms with Crippen LogP contribution in [0.25, 0.3) is 5.69 Å². The number of aromatic nitrogens is 2. The largest absolute Gasteiger partial charge is 0.416 e. The van der Waals surface area contributed by atoms with Gasteiger partial charge in [0.1, 0.15) is 11.4 Å². The zero-order valence-corrected chi connectivity index (χ0v) is 15.2. The van der Waals surface area contributed by atoms with E-state index in [0.29, 0.717) is 24.6 Å². The number of hydrogen-bond donors (Lipinski definition) is 0. The summed E-state index contributed by atoms with van der Waals surface area (Å²) >= 11 is 12.2. The van der Waals surface area contributed by atoms with Gasteiger partial charge in [-0.15, -0.1) is 0 Å². The lowest BCUT2D eigenvalue weighted by Gasteiger charge is -2.20. The number of ether oxygens (including phenoxy) is 2. The van der Waals surface area contributed by atoms with E-state index in [-0.39, 0.29) is 15.7 Å². The van der Waals surface area contributed by atoms with Crippen LogP contribution >= 0.6 is 23.2 Å². The summed E-state index contributed by atoms with van der Waals surface area (Å²) in [6.07, 6.45) is -4.54. The average Bonchev–Trinajstić information content (AvgIpc) is 3.05. The Hall–Kier alpha value is -1.28. The van der Waals surface area contributed by atoms with Gasteiger partial charge in [-0.1, -0.05) is 23.2 Å². The first-order valence-corrected chi connectivity index (χ1v) is 8.21. The van der Waals surface area contributed by atoms with Crippen molar-refractivity contribution in [1.82, 2.24) is 9.78 Å². The second kappa shape index (κ2) is 6.16. The van der Waals surface area contributed by atoms with Crippen LogP contribution in [0.2, 0.25) is 10.0 Å². The molecule has 1 aromatic heterocycles. The molecule has 0 bridgehead atoms. The summed E-state index contributed by atoms with van der Waals surface area (Å²) in [7, 11) is 0. The van der Waals surface area contributed by atoms with Crippen molar-refractivity contribution < 1.29 is 22.6 Å². The summed E-state index contributed by atoms with van der Waals surface area (Å²) in [5, 5.41) is 4.18. The number of halogens is 5. The molecule has 1 saturated heterocycles. The van der Waals surface area contributed by atoms with Crippen LogP contribution < -0.4 is 0 Å². The van der Waals surface area contributed by atoms with E-state index in [4.69, 9.17) is 32.7 Å². The molecule has 2 heterocycles. The van der Waals surface area contributed by atoms with Crippen LogP contribution in [0.5, 0.6) is 0 Å². The van der Waals surface area contributed by atoms with Crippen LogP contribution in [0.4, 0.5) is 13.2 Å². The normalized spacial score (nSPS) is 17.3. The molecule has 9 heteroatoms. The van der Waals surface area contributed by atoms with Gasteiger partial charge in [0.2, 0.25) is 5.79 Å². The molecule has 2 aromatic rings. The first kappa shape index (κ1) is 18.5. The monoisotopic (exact) mass is 394 g/mol. The lowest BCUT2D eigenvalue weighted by Crippen LogP contribution is -2.24. The molecular weight excluding hydrogens is 380 g/mol. The standard InChI is InChI=1S/C16H15Cl2F3N2O2/c1-8-9(2)23(22-14(8)15(3)24-4-5-25-15)13-11(17)6-10(7-12(13)18)16(19,20)21/h6-7H,4-5H2,1-3H3. The first-order chi connectivity index (χ1) is 11.5. The minimum atomic E-state index is -4.54. The quantitative estimate of drug-likeness (QED) is 0.716. The second-order valence-electron chi connectivity index (χ2n) is 5.90. The highest BCUT2D eigenvalue weighted by atomic mass is 35.5. The van der Waals surface area contributed by atoms with Gasteiger partial charge in [0, 0.05) is 5.69 Å². The minimum Gasteiger partial charge on any atom is -0.342 e. The van der Waals surface area contributed by atoms with Crippen LogP contribution in [0.15, 0.2) is 12.1 Å². The van der Waals surface area contributed by atoms with Gasteiger partial charge >= 0.3 is 6.18 Å². The molecule has 1 aliphatic heterocycles. The van der Waals surface area contributed by atoms with Gasteiger partial charge in [0.15, 0.2) is 0 Å². The Labute approximate surface area is 152 Å². The molecule has 1 aliphatic rings. The van der Waals surface area contributed by atoms with E-state index < -0.39 is 17.5 Å². The third-order valence-corrected chi connectivity index (χ3v) is 4.82. The fourth-order valence-electron chi connectivity index (χ4n) is 2.81. The smallest absolute Gasteiger partial charge is 0.342 e. The minimum absolute atomic E-state index is 0.143. The van der Waals surface area contributed by atoms with Crippen molar-refractivity contribution in [3.05, 3.63) is 44.7 Å². The van der Waals surface area contributed by atoms with Crippen molar-refractivity contribution in [3.63, 3.8) is 0 Å². The van der Waals surface area contributed by atoms with Crippen molar-refractivity contribution >= 4 is 23.2 Å². The van der Waals surface area contributed by atoms with Crippen molar-refractivity contribution in [2.75, 3.05) is 13.2 Å². The maximum Gasteiger partial charge on any atom is 0.416 e. The molecule has 1 aromatic carbocycles. The van der Waals surface area contributed by atoms with Crippen molar-refractivity contribution in [1.29, 1.82) is 0 Å². The molecule has 1 fully saturated rings. The van der Waals surface area contributed by atoms with Crippen LogP contribution in [0.1, 0.15) is 29.4 Å². The van der Waals surface area contributed by atoms with E-state index in [1.165, 1.54) is 4.68 Å². The van der Waals surface area contributed by atoms with Crippen LogP contribution in [0, 0.1) is 13.8 Å². The van der Waals surface area contributed by atoms with Crippen LogP contribution in [-0.4, -0.2) is 23.0 Å². The molecule has 0 unspecified atom stereocenters. The van der Waals surface area contributed by atoms with Crippen LogP contribution in [-0.2, 0) is 21.4 Å². The van der Waals surface area contributed by atoms with Gasteiger partial charge < -0.3 is 9.47 Å². The van der Waals surface area contributed by atoms with E-state index in [1.807, 2.05) is 6.92 Å². The molecule has 3 rings (SSSR count). The molecule has 0 amide bonds. The van der Waals surface area contributed by atoms with Crippen molar-refractivity contribution in [2.24, 2.45) is 0 Å². The van der Waals surface area contributed by atoms with Gasteiger partial charge in [0.25, 0.3) is 0 Å². The Morgan fingerprint density at radius 2 is 1.64 bits per heavy atom. The van der Waals surface area contributed by atoms with E-state index in [2.05, 4.69) is 5.10 Å². The molecule has 136 valence electrons. The third-order valence-electron chi connectivity index (χ3n) is 4.24. The Morgan fingerprint density at radius 3 is 2.12 bits per heavy atom. The van der Waals surface area contributed by atoms with Crippen molar-refractivity contribution in [2.45, 2.75) is 32.7 Å². The number of hydrogen-bond acceptors (Lipinski definition) is 3. The van der Waals surface area contributed by atoms with Gasteiger partial charge in [-0.25, -0.2) is 4.68 Å². The highest BCUT2D eigenvalue weighted by Gasteiger charge is 2.39. The molecule has 0 spiro atoms. The van der Waals surface area contributed by atoms with Gasteiger partial charge in [0.05, 0.1) is 28.8 Å². The molecule has 0 radical (unpaired) electrons. The summed E-state index contributed by atoms with van der Waals surface area (Å²) < 4.78 is 51.4.